The standard InChI is InChI=1S/C14H14N6O/c1-16-12-5-6-13-17-11(8-20(13)18-12)9-3-2-4-10(7-9)14(15)19-21/h2-8,21H,1H3,(H2,15,19)(H,16,18). The zero-order chi connectivity index (χ0) is 14.8. The molecule has 0 fully saturated rings. The van der Waals surface area contributed by atoms with Gasteiger partial charge in [0, 0.05) is 18.2 Å². The molecule has 1 aromatic carbocycles. The molecule has 7 heteroatoms. The molecule has 3 rings (SSSR count). The maximum atomic E-state index is 8.75. The number of oxime groups is 1. The molecule has 4 N–H and O–H groups in total. The van der Waals surface area contributed by atoms with Crippen molar-refractivity contribution in [1.29, 1.82) is 0 Å². The topological polar surface area (TPSA) is 101 Å². The lowest BCUT2D eigenvalue weighted by molar-refractivity contribution is 0.318. The van der Waals surface area contributed by atoms with Gasteiger partial charge in [-0.15, -0.1) is 5.10 Å². The van der Waals surface area contributed by atoms with Crippen molar-refractivity contribution in [3.8, 4) is 11.3 Å². The van der Waals surface area contributed by atoms with Gasteiger partial charge in [0.05, 0.1) is 11.9 Å². The average Bonchev–Trinajstić information content (AvgIpc) is 2.97. The van der Waals surface area contributed by atoms with Crippen LogP contribution in [-0.4, -0.2) is 32.7 Å². The van der Waals surface area contributed by atoms with E-state index >= 15 is 0 Å². The van der Waals surface area contributed by atoms with Gasteiger partial charge in [-0.1, -0.05) is 23.4 Å². The van der Waals surface area contributed by atoms with E-state index in [1.165, 1.54) is 0 Å². The number of nitrogens with one attached hydrogen (secondary N) is 1. The molecule has 0 saturated heterocycles. The van der Waals surface area contributed by atoms with Gasteiger partial charge in [0.25, 0.3) is 0 Å². The molecule has 2 aromatic heterocycles. The van der Waals surface area contributed by atoms with Crippen molar-refractivity contribution in [3.05, 3.63) is 48.2 Å². The van der Waals surface area contributed by atoms with E-state index in [-0.39, 0.29) is 5.84 Å². The van der Waals surface area contributed by atoms with Crippen LogP contribution in [0.5, 0.6) is 0 Å². The van der Waals surface area contributed by atoms with Crippen molar-refractivity contribution in [3.63, 3.8) is 0 Å². The number of fused-ring (bicyclic) bond motifs is 1. The number of nitrogens with zero attached hydrogens (tertiary/aromatic N) is 4. The molecule has 0 aliphatic heterocycles. The van der Waals surface area contributed by atoms with Gasteiger partial charge in [0.1, 0.15) is 5.82 Å². The fraction of sp³-hybridized carbons (Fsp3) is 0.0714. The first-order valence-electron chi connectivity index (χ1n) is 6.34. The first-order valence-corrected chi connectivity index (χ1v) is 6.34. The Labute approximate surface area is 120 Å². The van der Waals surface area contributed by atoms with Crippen LogP contribution in [0.25, 0.3) is 16.9 Å². The number of nitrogens with two attached hydrogens (primary N) is 1. The molecule has 2 heterocycles. The van der Waals surface area contributed by atoms with Crippen LogP contribution in [0.1, 0.15) is 5.56 Å². The van der Waals surface area contributed by atoms with Crippen LogP contribution in [0.4, 0.5) is 5.82 Å². The lowest BCUT2D eigenvalue weighted by Crippen LogP contribution is -2.12. The minimum absolute atomic E-state index is 0.0659. The maximum Gasteiger partial charge on any atom is 0.170 e. The predicted octanol–water partition coefficient (Wildman–Crippen LogP) is 1.53. The third-order valence-electron chi connectivity index (χ3n) is 3.14. The number of hydrogen-bond acceptors (Lipinski definition) is 5. The second-order valence-corrected chi connectivity index (χ2v) is 4.46. The Morgan fingerprint density at radius 1 is 1.33 bits per heavy atom. The van der Waals surface area contributed by atoms with E-state index in [2.05, 4.69) is 20.6 Å². The maximum absolute atomic E-state index is 8.75. The summed E-state index contributed by atoms with van der Waals surface area (Å²) in [4.78, 5) is 4.51. The molecule has 0 unspecified atom stereocenters. The molecule has 0 radical (unpaired) electrons. The van der Waals surface area contributed by atoms with E-state index in [1.54, 1.807) is 10.6 Å². The van der Waals surface area contributed by atoms with Gasteiger partial charge in [-0.2, -0.15) is 0 Å². The monoisotopic (exact) mass is 282 g/mol. The first kappa shape index (κ1) is 12.9. The summed E-state index contributed by atoms with van der Waals surface area (Å²) in [6.45, 7) is 0. The van der Waals surface area contributed by atoms with E-state index in [0.29, 0.717) is 5.56 Å². The number of benzene rings is 1. The normalized spacial score (nSPS) is 11.8. The molecule has 0 atom stereocenters. The predicted molar refractivity (Wildman–Crippen MR) is 80.5 cm³/mol. The highest BCUT2D eigenvalue weighted by Crippen LogP contribution is 2.20. The van der Waals surface area contributed by atoms with Gasteiger partial charge in [-0.3, -0.25) is 0 Å². The number of hydrogen-bond donors (Lipinski definition) is 3. The number of anilines is 1. The Balaban J connectivity index is 2.08. The average molecular weight is 282 g/mol. The minimum atomic E-state index is 0.0659. The fourth-order valence-electron chi connectivity index (χ4n) is 2.05. The zero-order valence-electron chi connectivity index (χ0n) is 11.4. The molecule has 0 spiro atoms. The molecule has 0 aliphatic carbocycles. The number of amidine groups is 1. The van der Waals surface area contributed by atoms with Crippen LogP contribution in [-0.2, 0) is 0 Å². The zero-order valence-corrected chi connectivity index (χ0v) is 11.4. The van der Waals surface area contributed by atoms with E-state index < -0.39 is 0 Å². The lowest BCUT2D eigenvalue weighted by atomic mass is 10.1. The second-order valence-electron chi connectivity index (χ2n) is 4.46. The molecule has 0 bridgehead atoms. The molecule has 3 aromatic rings. The molecular weight excluding hydrogens is 268 g/mol. The molecule has 0 aliphatic rings. The van der Waals surface area contributed by atoms with Gasteiger partial charge >= 0.3 is 0 Å². The Bertz CT molecular complexity index is 823. The van der Waals surface area contributed by atoms with E-state index in [9.17, 15) is 0 Å². The Hall–Kier alpha value is -3.09. The highest BCUT2D eigenvalue weighted by molar-refractivity contribution is 5.98. The van der Waals surface area contributed by atoms with Gasteiger partial charge < -0.3 is 16.3 Å². The van der Waals surface area contributed by atoms with Crippen molar-refractivity contribution in [2.45, 2.75) is 0 Å². The fourth-order valence-corrected chi connectivity index (χ4v) is 2.05. The summed E-state index contributed by atoms with van der Waals surface area (Å²) in [5, 5.41) is 19.1. The summed E-state index contributed by atoms with van der Waals surface area (Å²) in [5.41, 5.74) is 8.63. The highest BCUT2D eigenvalue weighted by Gasteiger charge is 2.07. The van der Waals surface area contributed by atoms with Gasteiger partial charge in [0.15, 0.2) is 11.5 Å². The molecular formula is C14H14N6O. The lowest BCUT2D eigenvalue weighted by Gasteiger charge is -2.01. The van der Waals surface area contributed by atoms with Crippen LogP contribution < -0.4 is 11.1 Å². The van der Waals surface area contributed by atoms with Crippen molar-refractivity contribution in [2.24, 2.45) is 10.9 Å². The van der Waals surface area contributed by atoms with Crippen LogP contribution in [0.2, 0.25) is 0 Å². The van der Waals surface area contributed by atoms with Crippen molar-refractivity contribution in [1.82, 2.24) is 14.6 Å². The summed E-state index contributed by atoms with van der Waals surface area (Å²) in [6.07, 6.45) is 1.83. The third-order valence-corrected chi connectivity index (χ3v) is 3.14. The van der Waals surface area contributed by atoms with Gasteiger partial charge in [0.2, 0.25) is 0 Å². The SMILES string of the molecule is CNc1ccc2nc(-c3cccc(C(N)=NO)c3)cn2n1. The highest BCUT2D eigenvalue weighted by atomic mass is 16.4. The molecule has 0 saturated carbocycles. The van der Waals surface area contributed by atoms with Crippen molar-refractivity contribution < 1.29 is 5.21 Å². The van der Waals surface area contributed by atoms with Crippen LogP contribution in [0.3, 0.4) is 0 Å². The van der Waals surface area contributed by atoms with Crippen molar-refractivity contribution >= 4 is 17.3 Å². The van der Waals surface area contributed by atoms with Crippen LogP contribution in [0.15, 0.2) is 47.8 Å². The summed E-state index contributed by atoms with van der Waals surface area (Å²) in [7, 11) is 1.81. The van der Waals surface area contributed by atoms with E-state index in [4.69, 9.17) is 10.9 Å². The Morgan fingerprint density at radius 2 is 2.19 bits per heavy atom. The summed E-state index contributed by atoms with van der Waals surface area (Å²) < 4.78 is 1.71. The summed E-state index contributed by atoms with van der Waals surface area (Å²) in [5.74, 6) is 0.827. The van der Waals surface area contributed by atoms with E-state index in [1.807, 2.05) is 43.6 Å². The number of aromatic nitrogens is 3. The third kappa shape index (κ3) is 2.36. The van der Waals surface area contributed by atoms with E-state index in [0.717, 1.165) is 22.7 Å². The molecule has 7 nitrogen and oxygen atoms in total. The second kappa shape index (κ2) is 5.12. The largest absolute Gasteiger partial charge is 0.409 e. The summed E-state index contributed by atoms with van der Waals surface area (Å²) >= 11 is 0. The summed E-state index contributed by atoms with van der Waals surface area (Å²) in [6, 6.07) is 11.1. The van der Waals surface area contributed by atoms with Crippen LogP contribution >= 0.6 is 0 Å². The van der Waals surface area contributed by atoms with Crippen molar-refractivity contribution in [2.75, 3.05) is 12.4 Å². The smallest absolute Gasteiger partial charge is 0.170 e. The number of rotatable bonds is 3. The van der Waals surface area contributed by atoms with Gasteiger partial charge in [-0.25, -0.2) is 9.50 Å². The Kier molecular flexibility index (Phi) is 3.15. The first-order chi connectivity index (χ1) is 10.2. The number of imidazole rings is 1. The quantitative estimate of drug-likeness (QED) is 0.293. The van der Waals surface area contributed by atoms with Crippen LogP contribution in [0, 0.1) is 0 Å². The molecule has 21 heavy (non-hydrogen) atoms. The van der Waals surface area contributed by atoms with Gasteiger partial charge in [-0.05, 0) is 18.2 Å². The Morgan fingerprint density at radius 3 is 2.95 bits per heavy atom. The minimum Gasteiger partial charge on any atom is -0.409 e. The molecule has 106 valence electrons. The molecule has 0 amide bonds.